The molecule has 1 atom stereocenters. The molecule has 1 aromatic carbocycles. The van der Waals surface area contributed by atoms with Gasteiger partial charge in [0, 0.05) is 11.6 Å². The lowest BCUT2D eigenvalue weighted by molar-refractivity contribution is -0.139. The van der Waals surface area contributed by atoms with E-state index in [1.165, 1.54) is 13.2 Å². The zero-order valence-corrected chi connectivity index (χ0v) is 11.2. The Kier molecular flexibility index (Phi) is 5.17. The highest BCUT2D eigenvalue weighted by Gasteiger charge is 2.19. The maximum atomic E-state index is 13.0. The van der Waals surface area contributed by atoms with Gasteiger partial charge in [-0.1, -0.05) is 11.6 Å². The molecule has 17 heavy (non-hydrogen) atoms. The molecule has 4 nitrogen and oxygen atoms in total. The summed E-state index contributed by atoms with van der Waals surface area (Å²) >= 11 is 8.92. The number of nitrogens with one attached hydrogen (secondary N) is 1. The van der Waals surface area contributed by atoms with Crippen LogP contribution in [0.15, 0.2) is 16.6 Å². The SMILES string of the molecule is COCC(Nc1c(Cl)cc(F)cc1Br)C(=O)O. The number of rotatable bonds is 5. The summed E-state index contributed by atoms with van der Waals surface area (Å²) in [7, 11) is 1.39. The molecule has 0 saturated heterocycles. The van der Waals surface area contributed by atoms with E-state index in [1.807, 2.05) is 0 Å². The van der Waals surface area contributed by atoms with Crippen molar-refractivity contribution >= 4 is 39.2 Å². The van der Waals surface area contributed by atoms with Crippen LogP contribution in [0, 0.1) is 5.82 Å². The van der Waals surface area contributed by atoms with Crippen molar-refractivity contribution in [1.29, 1.82) is 0 Å². The Morgan fingerprint density at radius 2 is 2.35 bits per heavy atom. The minimum absolute atomic E-state index is 0.0323. The van der Waals surface area contributed by atoms with Gasteiger partial charge < -0.3 is 15.2 Å². The summed E-state index contributed by atoms with van der Waals surface area (Å²) in [6, 6.07) is 1.33. The van der Waals surface area contributed by atoms with Gasteiger partial charge in [0.15, 0.2) is 0 Å². The van der Waals surface area contributed by atoms with Gasteiger partial charge in [0.05, 0.1) is 17.3 Å². The zero-order chi connectivity index (χ0) is 13.0. The van der Waals surface area contributed by atoms with Crippen LogP contribution >= 0.6 is 27.5 Å². The molecule has 7 heteroatoms. The summed E-state index contributed by atoms with van der Waals surface area (Å²) in [5, 5.41) is 11.7. The van der Waals surface area contributed by atoms with Crippen molar-refractivity contribution in [3.63, 3.8) is 0 Å². The van der Waals surface area contributed by atoms with E-state index < -0.39 is 17.8 Å². The highest BCUT2D eigenvalue weighted by Crippen LogP contribution is 2.32. The van der Waals surface area contributed by atoms with Crippen molar-refractivity contribution in [3.05, 3.63) is 27.4 Å². The lowest BCUT2D eigenvalue weighted by Crippen LogP contribution is -2.33. The normalized spacial score (nSPS) is 12.2. The predicted molar refractivity (Wildman–Crippen MR) is 66.0 cm³/mol. The van der Waals surface area contributed by atoms with E-state index in [2.05, 4.69) is 21.2 Å². The van der Waals surface area contributed by atoms with E-state index >= 15 is 0 Å². The van der Waals surface area contributed by atoms with Crippen LogP contribution in [0.2, 0.25) is 5.02 Å². The van der Waals surface area contributed by atoms with E-state index in [1.54, 1.807) is 0 Å². The predicted octanol–water partition coefficient (Wildman–Crippen LogP) is 2.75. The highest BCUT2D eigenvalue weighted by molar-refractivity contribution is 9.10. The molecule has 0 saturated carbocycles. The average Bonchev–Trinajstić information content (AvgIpc) is 2.21. The maximum Gasteiger partial charge on any atom is 0.328 e. The Balaban J connectivity index is 2.97. The van der Waals surface area contributed by atoms with E-state index in [0.29, 0.717) is 10.2 Å². The smallest absolute Gasteiger partial charge is 0.328 e. The number of hydrogen-bond donors (Lipinski definition) is 2. The summed E-state index contributed by atoms with van der Waals surface area (Å²) in [4.78, 5) is 10.9. The van der Waals surface area contributed by atoms with Gasteiger partial charge >= 0.3 is 5.97 Å². The molecule has 0 spiro atoms. The fourth-order valence-corrected chi connectivity index (χ4v) is 2.12. The Labute approximate surface area is 111 Å². The maximum absolute atomic E-state index is 13.0. The molecule has 1 aromatic rings. The van der Waals surface area contributed by atoms with E-state index in [-0.39, 0.29) is 11.6 Å². The van der Waals surface area contributed by atoms with Crippen LogP contribution < -0.4 is 5.32 Å². The third kappa shape index (κ3) is 3.83. The minimum atomic E-state index is -1.08. The van der Waals surface area contributed by atoms with Crippen molar-refractivity contribution in [3.8, 4) is 0 Å². The molecule has 0 aliphatic heterocycles. The van der Waals surface area contributed by atoms with E-state index in [9.17, 15) is 9.18 Å². The van der Waals surface area contributed by atoms with Crippen LogP contribution in [0.5, 0.6) is 0 Å². The molecule has 1 rings (SSSR count). The molecule has 0 aliphatic rings. The Bertz CT molecular complexity index is 407. The molecule has 0 bridgehead atoms. The summed E-state index contributed by atoms with van der Waals surface area (Å²) in [5.74, 6) is -1.59. The Hall–Kier alpha value is -0.850. The minimum Gasteiger partial charge on any atom is -0.480 e. The number of aliphatic carboxylic acids is 1. The third-order valence-corrected chi connectivity index (χ3v) is 2.88. The number of methoxy groups -OCH3 is 1. The highest BCUT2D eigenvalue weighted by atomic mass is 79.9. The van der Waals surface area contributed by atoms with Crippen LogP contribution in [-0.2, 0) is 9.53 Å². The van der Waals surface area contributed by atoms with Crippen LogP contribution in [0.1, 0.15) is 0 Å². The number of hydrogen-bond acceptors (Lipinski definition) is 3. The molecular formula is C10H10BrClFNO3. The topological polar surface area (TPSA) is 58.6 Å². The van der Waals surface area contributed by atoms with Crippen molar-refractivity contribution in [2.24, 2.45) is 0 Å². The molecule has 0 radical (unpaired) electrons. The van der Waals surface area contributed by atoms with Crippen molar-refractivity contribution < 1.29 is 19.0 Å². The molecule has 0 amide bonds. The lowest BCUT2D eigenvalue weighted by atomic mass is 10.2. The standard InChI is InChI=1S/C10H10BrClFNO3/c1-17-4-8(10(15)16)14-9-6(11)2-5(13)3-7(9)12/h2-3,8,14H,4H2,1H3,(H,15,16). The first kappa shape index (κ1) is 14.2. The van der Waals surface area contributed by atoms with Crippen molar-refractivity contribution in [2.75, 3.05) is 19.0 Å². The second kappa shape index (κ2) is 6.18. The fraction of sp³-hybridized carbons (Fsp3) is 0.300. The number of carboxylic acids is 1. The van der Waals surface area contributed by atoms with Crippen LogP contribution in [0.25, 0.3) is 0 Å². The summed E-state index contributed by atoms with van der Waals surface area (Å²) in [6.45, 7) is -0.0323. The molecule has 0 aliphatic carbocycles. The van der Waals surface area contributed by atoms with Crippen LogP contribution in [0.4, 0.5) is 10.1 Å². The van der Waals surface area contributed by atoms with Crippen molar-refractivity contribution in [2.45, 2.75) is 6.04 Å². The molecule has 0 aromatic heterocycles. The summed E-state index contributed by atoms with van der Waals surface area (Å²) in [6.07, 6.45) is 0. The molecular weight excluding hydrogens is 316 g/mol. The third-order valence-electron chi connectivity index (χ3n) is 1.96. The summed E-state index contributed by atoms with van der Waals surface area (Å²) < 4.78 is 18.1. The number of anilines is 1. The van der Waals surface area contributed by atoms with Gasteiger partial charge in [-0.2, -0.15) is 0 Å². The average molecular weight is 327 g/mol. The van der Waals surface area contributed by atoms with Gasteiger partial charge in [-0.25, -0.2) is 9.18 Å². The quantitative estimate of drug-likeness (QED) is 0.873. The van der Waals surface area contributed by atoms with Gasteiger partial charge in [-0.3, -0.25) is 0 Å². The molecule has 94 valence electrons. The number of carbonyl (C=O) groups is 1. The van der Waals surface area contributed by atoms with Crippen LogP contribution in [0.3, 0.4) is 0 Å². The Morgan fingerprint density at radius 3 is 2.82 bits per heavy atom. The van der Waals surface area contributed by atoms with Gasteiger partial charge in [0.1, 0.15) is 11.9 Å². The first-order valence-electron chi connectivity index (χ1n) is 4.58. The molecule has 1 unspecified atom stereocenters. The number of halogens is 3. The number of ether oxygens (including phenoxy) is 1. The molecule has 2 N–H and O–H groups in total. The molecule has 0 fully saturated rings. The van der Waals surface area contributed by atoms with E-state index in [0.717, 1.165) is 6.07 Å². The zero-order valence-electron chi connectivity index (χ0n) is 8.84. The lowest BCUT2D eigenvalue weighted by Gasteiger charge is -2.17. The van der Waals surface area contributed by atoms with Gasteiger partial charge in [0.2, 0.25) is 0 Å². The largest absolute Gasteiger partial charge is 0.480 e. The molecule has 0 heterocycles. The second-order valence-corrected chi connectivity index (χ2v) is 4.50. The summed E-state index contributed by atoms with van der Waals surface area (Å²) in [5.41, 5.74) is 0.317. The first-order valence-corrected chi connectivity index (χ1v) is 5.75. The van der Waals surface area contributed by atoms with Crippen molar-refractivity contribution in [1.82, 2.24) is 0 Å². The number of benzene rings is 1. The second-order valence-electron chi connectivity index (χ2n) is 3.23. The number of carboxylic acid groups (broad SMARTS) is 1. The van der Waals surface area contributed by atoms with Crippen LogP contribution in [-0.4, -0.2) is 30.8 Å². The monoisotopic (exact) mass is 325 g/mol. The van der Waals surface area contributed by atoms with Gasteiger partial charge in [0.25, 0.3) is 0 Å². The fourth-order valence-electron chi connectivity index (χ4n) is 1.20. The van der Waals surface area contributed by atoms with Gasteiger partial charge in [-0.15, -0.1) is 0 Å². The first-order chi connectivity index (χ1) is 7.95. The van der Waals surface area contributed by atoms with E-state index in [4.69, 9.17) is 21.4 Å². The van der Waals surface area contributed by atoms with Gasteiger partial charge in [-0.05, 0) is 28.1 Å². The Morgan fingerprint density at radius 1 is 1.71 bits per heavy atom.